The van der Waals surface area contributed by atoms with E-state index in [1.165, 1.54) is 4.90 Å². The fraction of sp³-hybridized carbons (Fsp3) is 0.857. The molecule has 1 aliphatic rings. The van der Waals surface area contributed by atoms with Gasteiger partial charge < -0.3 is 20.7 Å². The van der Waals surface area contributed by atoms with Gasteiger partial charge in [-0.25, -0.2) is 0 Å². The Hall–Kier alpha value is -0.940. The standard InChI is InChI=1S/C14H27N3O2/c1-11(2)16-8-4-3-7-13(15)14(19)17-9-5-6-12(17)10-18/h10-13,16H,3-9,15H2,1-2H3/t12-,13-/m0/s1/i12D. The molecule has 0 unspecified atom stereocenters. The number of nitrogens with zero attached hydrogens (tertiary/aromatic N) is 1. The van der Waals surface area contributed by atoms with E-state index in [0.29, 0.717) is 38.1 Å². The maximum absolute atomic E-state index is 12.2. The zero-order chi connectivity index (χ0) is 15.2. The Morgan fingerprint density at radius 2 is 2.32 bits per heavy atom. The van der Waals surface area contributed by atoms with E-state index in [-0.39, 0.29) is 5.91 Å². The number of likely N-dealkylation sites (tertiary alicyclic amines) is 1. The van der Waals surface area contributed by atoms with Crippen LogP contribution < -0.4 is 11.1 Å². The smallest absolute Gasteiger partial charge is 0.240 e. The van der Waals surface area contributed by atoms with Crippen molar-refractivity contribution in [2.75, 3.05) is 13.1 Å². The lowest BCUT2D eigenvalue weighted by atomic mass is 10.1. The molecule has 0 bridgehead atoms. The van der Waals surface area contributed by atoms with Gasteiger partial charge in [-0.2, -0.15) is 0 Å². The molecule has 2 atom stereocenters. The van der Waals surface area contributed by atoms with E-state index in [1.807, 2.05) is 0 Å². The highest BCUT2D eigenvalue weighted by Gasteiger charge is 2.30. The van der Waals surface area contributed by atoms with E-state index in [0.717, 1.165) is 19.4 Å². The van der Waals surface area contributed by atoms with Gasteiger partial charge >= 0.3 is 0 Å². The summed E-state index contributed by atoms with van der Waals surface area (Å²) in [7, 11) is 0. The fourth-order valence-electron chi connectivity index (χ4n) is 2.27. The van der Waals surface area contributed by atoms with E-state index in [1.54, 1.807) is 0 Å². The monoisotopic (exact) mass is 270 g/mol. The quantitative estimate of drug-likeness (QED) is 0.502. The predicted octanol–water partition coefficient (Wildman–Crippen LogP) is 0.672. The number of nitrogens with two attached hydrogens (primary N) is 1. The molecule has 110 valence electrons. The van der Waals surface area contributed by atoms with Gasteiger partial charge in [0.05, 0.1) is 13.4 Å². The summed E-state index contributed by atoms with van der Waals surface area (Å²) >= 11 is 0. The van der Waals surface area contributed by atoms with E-state index in [2.05, 4.69) is 19.2 Å². The van der Waals surface area contributed by atoms with Crippen LogP contribution in [0.3, 0.4) is 0 Å². The van der Waals surface area contributed by atoms with Crippen molar-refractivity contribution in [1.82, 2.24) is 10.2 Å². The highest BCUT2D eigenvalue weighted by molar-refractivity contribution is 5.84. The number of nitrogens with one attached hydrogen (secondary N) is 1. The van der Waals surface area contributed by atoms with Crippen molar-refractivity contribution < 1.29 is 11.0 Å². The summed E-state index contributed by atoms with van der Waals surface area (Å²) < 4.78 is 7.97. The average molecular weight is 270 g/mol. The van der Waals surface area contributed by atoms with Crippen LogP contribution in [0.5, 0.6) is 0 Å². The Morgan fingerprint density at radius 3 is 2.95 bits per heavy atom. The lowest BCUT2D eigenvalue weighted by Gasteiger charge is -2.24. The molecule has 0 saturated carbocycles. The summed E-state index contributed by atoms with van der Waals surface area (Å²) in [5.74, 6) is -0.263. The van der Waals surface area contributed by atoms with Gasteiger partial charge in [0.15, 0.2) is 0 Å². The second-order valence-electron chi connectivity index (χ2n) is 5.41. The lowest BCUT2D eigenvalue weighted by molar-refractivity contribution is -0.135. The summed E-state index contributed by atoms with van der Waals surface area (Å²) in [4.78, 5) is 24.5. The Labute approximate surface area is 117 Å². The molecule has 0 aromatic carbocycles. The molecule has 1 saturated heterocycles. The first kappa shape index (κ1) is 14.5. The van der Waals surface area contributed by atoms with Crippen LogP contribution in [0, 0.1) is 0 Å². The van der Waals surface area contributed by atoms with Crippen LogP contribution in [0.4, 0.5) is 0 Å². The molecule has 3 N–H and O–H groups in total. The van der Waals surface area contributed by atoms with Gasteiger partial charge in [-0.3, -0.25) is 4.79 Å². The number of hydrogen-bond acceptors (Lipinski definition) is 4. The van der Waals surface area contributed by atoms with Crippen molar-refractivity contribution in [3.63, 3.8) is 0 Å². The maximum Gasteiger partial charge on any atom is 0.240 e. The minimum Gasteiger partial charge on any atom is -0.332 e. The fourth-order valence-corrected chi connectivity index (χ4v) is 2.27. The first-order valence-corrected chi connectivity index (χ1v) is 7.17. The first-order chi connectivity index (χ1) is 9.40. The van der Waals surface area contributed by atoms with E-state index < -0.39 is 12.1 Å². The lowest BCUT2D eigenvalue weighted by Crippen LogP contribution is -2.46. The predicted molar refractivity (Wildman–Crippen MR) is 75.8 cm³/mol. The molecule has 0 radical (unpaired) electrons. The Kier molecular flexibility index (Phi) is 6.30. The highest BCUT2D eigenvalue weighted by atomic mass is 16.2. The van der Waals surface area contributed by atoms with Crippen molar-refractivity contribution in [2.24, 2.45) is 5.73 Å². The molecule has 1 aliphatic heterocycles. The summed E-state index contributed by atoms with van der Waals surface area (Å²) in [5, 5.41) is 3.31. The number of hydrogen-bond donors (Lipinski definition) is 2. The molecule has 0 aliphatic carbocycles. The topological polar surface area (TPSA) is 75.4 Å². The van der Waals surface area contributed by atoms with Crippen molar-refractivity contribution in [2.45, 2.75) is 64.1 Å². The van der Waals surface area contributed by atoms with Crippen LogP contribution in [0.25, 0.3) is 0 Å². The largest absolute Gasteiger partial charge is 0.332 e. The van der Waals surface area contributed by atoms with Gasteiger partial charge in [0.2, 0.25) is 5.91 Å². The van der Waals surface area contributed by atoms with E-state index in [9.17, 15) is 9.59 Å². The zero-order valence-electron chi connectivity index (χ0n) is 13.0. The molecule has 19 heavy (non-hydrogen) atoms. The van der Waals surface area contributed by atoms with Crippen LogP contribution in [0.2, 0.25) is 0 Å². The maximum atomic E-state index is 12.2. The van der Waals surface area contributed by atoms with Crippen molar-refractivity contribution in [3.8, 4) is 0 Å². The van der Waals surface area contributed by atoms with E-state index in [4.69, 9.17) is 7.10 Å². The summed E-state index contributed by atoms with van der Waals surface area (Å²) in [6.07, 6.45) is 4.10. The third-order valence-corrected chi connectivity index (χ3v) is 3.38. The number of unbranched alkanes of at least 4 members (excludes halogenated alkanes) is 1. The second-order valence-corrected chi connectivity index (χ2v) is 5.41. The van der Waals surface area contributed by atoms with Crippen LogP contribution >= 0.6 is 0 Å². The van der Waals surface area contributed by atoms with Gasteiger partial charge in [-0.05, 0) is 32.2 Å². The minimum absolute atomic E-state index is 0.263. The molecule has 0 spiro atoms. The van der Waals surface area contributed by atoms with E-state index >= 15 is 0 Å². The van der Waals surface area contributed by atoms with Gasteiger partial charge in [0, 0.05) is 12.6 Å². The third-order valence-electron chi connectivity index (χ3n) is 3.38. The van der Waals surface area contributed by atoms with Gasteiger partial charge in [-0.15, -0.1) is 0 Å². The molecule has 1 amide bonds. The molecular weight excluding hydrogens is 242 g/mol. The Bertz CT molecular complexity index is 338. The number of aldehydes is 1. The SMILES string of the molecule is [2H][C@@]1(C=O)CCCN1C(=O)[C@@H](N)CCCCNC(C)C. The normalized spacial score (nSPS) is 25.5. The molecule has 0 aromatic rings. The van der Waals surface area contributed by atoms with Crippen molar-refractivity contribution in [1.29, 1.82) is 0 Å². The molecule has 1 rings (SSSR count). The number of carbonyl (C=O) groups excluding carboxylic acids is 2. The van der Waals surface area contributed by atoms with Crippen LogP contribution in [0.15, 0.2) is 0 Å². The van der Waals surface area contributed by atoms with Gasteiger partial charge in [0.25, 0.3) is 0 Å². The van der Waals surface area contributed by atoms with Crippen LogP contribution in [0.1, 0.15) is 47.3 Å². The molecule has 5 nitrogen and oxygen atoms in total. The number of amides is 1. The number of rotatable bonds is 8. The average Bonchev–Trinajstić information content (AvgIpc) is 2.79. The number of carbonyl (C=O) groups is 2. The molecule has 0 aromatic heterocycles. The van der Waals surface area contributed by atoms with Crippen LogP contribution in [-0.2, 0) is 9.59 Å². The molecule has 1 fully saturated rings. The third kappa shape index (κ3) is 5.28. The first-order valence-electron chi connectivity index (χ1n) is 7.67. The zero-order valence-corrected chi connectivity index (χ0v) is 12.0. The highest BCUT2D eigenvalue weighted by Crippen LogP contribution is 2.17. The Balaban J connectivity index is 2.34. The van der Waals surface area contributed by atoms with Crippen molar-refractivity contribution >= 4 is 12.2 Å². The second kappa shape index (κ2) is 8.27. The molecule has 1 heterocycles. The summed E-state index contributed by atoms with van der Waals surface area (Å²) in [5.41, 5.74) is 5.90. The summed E-state index contributed by atoms with van der Waals surface area (Å²) in [6.45, 7) is 5.56. The van der Waals surface area contributed by atoms with Gasteiger partial charge in [0.1, 0.15) is 6.29 Å². The molecule has 5 heteroatoms. The minimum atomic E-state index is -1.39. The van der Waals surface area contributed by atoms with Crippen molar-refractivity contribution in [3.05, 3.63) is 0 Å². The van der Waals surface area contributed by atoms with Gasteiger partial charge in [-0.1, -0.05) is 20.3 Å². The summed E-state index contributed by atoms with van der Waals surface area (Å²) in [6, 6.07) is -1.53. The Morgan fingerprint density at radius 1 is 1.58 bits per heavy atom. The van der Waals surface area contributed by atoms with Crippen LogP contribution in [-0.4, -0.2) is 48.3 Å². The molecular formula is C14H27N3O2.